The molecule has 1 amide bonds. The van der Waals surface area contributed by atoms with Crippen LogP contribution in [0.5, 0.6) is 6.01 Å². The van der Waals surface area contributed by atoms with Crippen LogP contribution in [-0.4, -0.2) is 89.1 Å². The fourth-order valence-electron chi connectivity index (χ4n) is 7.03. The average molecular weight is 685 g/mol. The zero-order valence-electron chi connectivity index (χ0n) is 28.0. The van der Waals surface area contributed by atoms with E-state index in [1.54, 1.807) is 48.5 Å². The Morgan fingerprint density at radius 1 is 1.06 bits per heavy atom. The second kappa shape index (κ2) is 14.5. The van der Waals surface area contributed by atoms with E-state index in [2.05, 4.69) is 25.8 Å². The summed E-state index contributed by atoms with van der Waals surface area (Å²) in [4.78, 5) is 35.8. The number of rotatable bonds is 8. The van der Waals surface area contributed by atoms with E-state index in [4.69, 9.17) is 16.3 Å². The molecule has 2 saturated heterocycles. The van der Waals surface area contributed by atoms with Gasteiger partial charge in [-0.25, -0.2) is 15.4 Å². The summed E-state index contributed by atoms with van der Waals surface area (Å²) in [5.74, 6) is -2.00. The second-order valence-electron chi connectivity index (χ2n) is 12.7. The Morgan fingerprint density at radius 2 is 1.90 bits per heavy atom. The molecule has 2 fully saturated rings. The van der Waals surface area contributed by atoms with E-state index < -0.39 is 23.6 Å². The van der Waals surface area contributed by atoms with Crippen molar-refractivity contribution >= 4 is 39.5 Å². The van der Waals surface area contributed by atoms with Crippen molar-refractivity contribution < 1.29 is 18.3 Å². The number of halogens is 2. The molecule has 2 aromatic heterocycles. The highest BCUT2D eigenvalue weighted by molar-refractivity contribution is 6.03. The lowest BCUT2D eigenvalue weighted by molar-refractivity contribution is -0.130. The lowest BCUT2D eigenvalue weighted by Crippen LogP contribution is -2.56. The standard InChI is InChI=1S/C39H34F2N8O2/c1-43-22-29-23-48(18-19-49(29)38(50)33(40)20-27-11-3-4-16-44-27)37-32-15-14-31(30-13-6-9-25-8-5-10-26(21-42)34(25)30)35(41)36(32)45-39(46-37)51-24-28-12-7-17-47(28)2/h3-6,8-11,13-16,20,28-29H,7,12,17-19,22-24H2,2H3/b33-20-/t28-,29-/m0/s1. The van der Waals surface area contributed by atoms with Crippen LogP contribution in [0.2, 0.25) is 0 Å². The maximum atomic E-state index is 16.9. The van der Waals surface area contributed by atoms with Crippen LogP contribution in [0.15, 0.2) is 78.8 Å². The minimum Gasteiger partial charge on any atom is -0.462 e. The average Bonchev–Trinajstić information content (AvgIpc) is 3.57. The molecule has 2 aliphatic heterocycles. The number of likely N-dealkylation sites (N-methyl/N-ethyl adjacent to an activating group) is 1. The zero-order chi connectivity index (χ0) is 35.5. The number of benzene rings is 3. The maximum Gasteiger partial charge on any atom is 0.319 e. The lowest BCUT2D eigenvalue weighted by Gasteiger charge is -2.39. The SMILES string of the molecule is [C-]#[N+]C[C@H]1CN(c2nc(OC[C@@H]3CCCN3C)nc3c(F)c(-c4cccc5cccc(C#N)c45)ccc23)CCN1C(=O)/C(F)=C/c1ccccn1. The first-order valence-corrected chi connectivity index (χ1v) is 16.8. The van der Waals surface area contributed by atoms with Gasteiger partial charge in [-0.15, -0.1) is 0 Å². The number of piperazine rings is 1. The molecule has 256 valence electrons. The monoisotopic (exact) mass is 684 g/mol. The first-order valence-electron chi connectivity index (χ1n) is 16.8. The Hall–Kier alpha value is -5.98. The van der Waals surface area contributed by atoms with Gasteiger partial charge in [0.1, 0.15) is 24.0 Å². The Balaban J connectivity index is 1.28. The van der Waals surface area contributed by atoms with E-state index in [0.717, 1.165) is 30.8 Å². The van der Waals surface area contributed by atoms with Crippen LogP contribution < -0.4 is 9.64 Å². The van der Waals surface area contributed by atoms with Gasteiger partial charge in [-0.3, -0.25) is 9.78 Å². The van der Waals surface area contributed by atoms with Crippen molar-refractivity contribution in [1.82, 2.24) is 24.8 Å². The topological polar surface area (TPSA) is 103 Å². The molecule has 0 unspecified atom stereocenters. The van der Waals surface area contributed by atoms with Crippen molar-refractivity contribution in [1.29, 1.82) is 5.26 Å². The molecule has 0 N–H and O–H groups in total. The third-order valence-electron chi connectivity index (χ3n) is 9.67. The van der Waals surface area contributed by atoms with Crippen LogP contribution >= 0.6 is 0 Å². The molecular formula is C39H34F2N8O2. The summed E-state index contributed by atoms with van der Waals surface area (Å²) in [5, 5.41) is 11.8. The Morgan fingerprint density at radius 3 is 2.65 bits per heavy atom. The number of carbonyl (C=O) groups excluding carboxylic acids is 1. The fourth-order valence-corrected chi connectivity index (χ4v) is 7.03. The number of anilines is 1. The molecule has 0 bridgehead atoms. The van der Waals surface area contributed by atoms with Crippen LogP contribution in [-0.2, 0) is 4.79 Å². The van der Waals surface area contributed by atoms with Gasteiger partial charge in [0.2, 0.25) is 6.54 Å². The van der Waals surface area contributed by atoms with Gasteiger partial charge in [0, 0.05) is 54.3 Å². The number of carbonyl (C=O) groups is 1. The van der Waals surface area contributed by atoms with Crippen molar-refractivity contribution in [3.05, 3.63) is 107 Å². The quantitative estimate of drug-likeness (QED) is 0.139. The van der Waals surface area contributed by atoms with Gasteiger partial charge in [-0.05, 0) is 61.6 Å². The van der Waals surface area contributed by atoms with E-state index in [9.17, 15) is 10.1 Å². The number of amides is 1. The van der Waals surface area contributed by atoms with Crippen LogP contribution in [0.4, 0.5) is 14.6 Å². The van der Waals surface area contributed by atoms with Gasteiger partial charge in [0.15, 0.2) is 11.6 Å². The van der Waals surface area contributed by atoms with Gasteiger partial charge >= 0.3 is 6.01 Å². The highest BCUT2D eigenvalue weighted by atomic mass is 19.1. The summed E-state index contributed by atoms with van der Waals surface area (Å²) in [6.07, 6.45) is 4.60. The third kappa shape index (κ3) is 6.66. The van der Waals surface area contributed by atoms with Crippen molar-refractivity contribution in [3.8, 4) is 23.2 Å². The summed E-state index contributed by atoms with van der Waals surface area (Å²) < 4.78 is 38.2. The summed E-state index contributed by atoms with van der Waals surface area (Å²) >= 11 is 0. The number of fused-ring (bicyclic) bond motifs is 2. The third-order valence-corrected chi connectivity index (χ3v) is 9.67. The maximum absolute atomic E-state index is 16.9. The molecule has 0 aliphatic carbocycles. The summed E-state index contributed by atoms with van der Waals surface area (Å²) in [5.41, 5.74) is 1.62. The smallest absolute Gasteiger partial charge is 0.319 e. The van der Waals surface area contributed by atoms with E-state index in [1.165, 1.54) is 11.1 Å². The molecule has 2 atom stereocenters. The van der Waals surface area contributed by atoms with Gasteiger partial charge in [0.05, 0.1) is 17.3 Å². The molecule has 51 heavy (non-hydrogen) atoms. The van der Waals surface area contributed by atoms with Gasteiger partial charge in [-0.1, -0.05) is 42.5 Å². The molecule has 0 saturated carbocycles. The number of aromatic nitrogens is 3. The van der Waals surface area contributed by atoms with E-state index in [0.29, 0.717) is 40.0 Å². The first-order chi connectivity index (χ1) is 24.9. The summed E-state index contributed by atoms with van der Waals surface area (Å²) in [7, 11) is 2.03. The second-order valence-corrected chi connectivity index (χ2v) is 12.7. The highest BCUT2D eigenvalue weighted by Crippen LogP contribution is 2.38. The van der Waals surface area contributed by atoms with Gasteiger partial charge in [-0.2, -0.15) is 15.2 Å². The normalized spacial score (nSPS) is 18.2. The number of likely N-dealkylation sites (tertiary alicyclic amines) is 1. The summed E-state index contributed by atoms with van der Waals surface area (Å²) in [6, 6.07) is 21.0. The number of nitriles is 1. The molecule has 12 heteroatoms. The van der Waals surface area contributed by atoms with Crippen molar-refractivity contribution in [2.45, 2.75) is 24.9 Å². The van der Waals surface area contributed by atoms with E-state index >= 15 is 8.78 Å². The number of hydrogen-bond donors (Lipinski definition) is 0. The van der Waals surface area contributed by atoms with E-state index in [1.807, 2.05) is 30.1 Å². The van der Waals surface area contributed by atoms with Crippen molar-refractivity contribution in [3.63, 3.8) is 0 Å². The van der Waals surface area contributed by atoms with Crippen LogP contribution in [0.1, 0.15) is 24.1 Å². The number of ether oxygens (including phenoxy) is 1. The zero-order valence-corrected chi connectivity index (χ0v) is 28.0. The van der Waals surface area contributed by atoms with Crippen LogP contribution in [0, 0.1) is 23.7 Å². The number of hydrogen-bond acceptors (Lipinski definition) is 8. The van der Waals surface area contributed by atoms with Gasteiger partial charge in [0.25, 0.3) is 5.91 Å². The van der Waals surface area contributed by atoms with E-state index in [-0.39, 0.29) is 49.3 Å². The Labute approximate surface area is 294 Å². The molecule has 2 aliphatic rings. The number of pyridine rings is 1. The molecule has 5 aromatic rings. The van der Waals surface area contributed by atoms with Crippen molar-refractivity contribution in [2.24, 2.45) is 0 Å². The minimum absolute atomic E-state index is 0.00839. The molecular weight excluding hydrogens is 650 g/mol. The molecule has 0 radical (unpaired) electrons. The molecule has 10 nitrogen and oxygen atoms in total. The molecule has 0 spiro atoms. The molecule has 3 aromatic carbocycles. The largest absolute Gasteiger partial charge is 0.462 e. The lowest BCUT2D eigenvalue weighted by atomic mass is 9.94. The Kier molecular flexibility index (Phi) is 9.51. The summed E-state index contributed by atoms with van der Waals surface area (Å²) in [6.45, 7) is 9.30. The predicted octanol–water partition coefficient (Wildman–Crippen LogP) is 6.28. The number of nitrogens with zero attached hydrogens (tertiary/aromatic N) is 8. The molecule has 4 heterocycles. The first kappa shape index (κ1) is 33.5. The fraction of sp³-hybridized carbons (Fsp3) is 0.282. The van der Waals surface area contributed by atoms with Crippen LogP contribution in [0.3, 0.4) is 0 Å². The predicted molar refractivity (Wildman–Crippen MR) is 191 cm³/mol. The minimum atomic E-state index is -0.972. The highest BCUT2D eigenvalue weighted by Gasteiger charge is 2.36. The van der Waals surface area contributed by atoms with Crippen molar-refractivity contribution in [2.75, 3.05) is 51.3 Å². The van der Waals surface area contributed by atoms with Crippen LogP contribution in [0.25, 0.3) is 43.7 Å². The Bertz CT molecular complexity index is 2230. The van der Waals surface area contributed by atoms with Gasteiger partial charge < -0.3 is 24.3 Å². The molecule has 7 rings (SSSR count).